The summed E-state index contributed by atoms with van der Waals surface area (Å²) in [5.74, 6) is 0. The molecule has 0 aliphatic heterocycles. The van der Waals surface area contributed by atoms with E-state index in [1.54, 1.807) is 6.20 Å². The molecule has 1 rings (SSSR count). The number of aromatic nitrogens is 2. The van der Waals surface area contributed by atoms with Crippen molar-refractivity contribution in [3.8, 4) is 0 Å². The lowest BCUT2D eigenvalue weighted by molar-refractivity contribution is 0.188. The summed E-state index contributed by atoms with van der Waals surface area (Å²) in [6.07, 6.45) is 6.26. The Morgan fingerprint density at radius 1 is 1.18 bits per heavy atom. The molecule has 7 heteroatoms. The molecule has 0 saturated heterocycles. The molecule has 0 bridgehead atoms. The van der Waals surface area contributed by atoms with Crippen LogP contribution in [0.2, 0.25) is 12.6 Å². The number of hydrogen-bond donors (Lipinski definition) is 1. The van der Waals surface area contributed by atoms with E-state index in [4.69, 9.17) is 21.1 Å². The van der Waals surface area contributed by atoms with E-state index in [0.717, 1.165) is 45.1 Å². The average molecular weight is 345 g/mol. The van der Waals surface area contributed by atoms with E-state index in [1.165, 1.54) is 12.5 Å². The van der Waals surface area contributed by atoms with E-state index in [9.17, 15) is 4.79 Å². The van der Waals surface area contributed by atoms with Gasteiger partial charge in [0.1, 0.15) is 0 Å². The molecule has 0 spiro atoms. The number of aryl methyl sites for hydroxylation is 1. The minimum Gasteiger partial charge on any atom is -0.395 e. The smallest absolute Gasteiger partial charge is 0.334 e. The van der Waals surface area contributed by atoms with Crippen LogP contribution in [0.15, 0.2) is 17.1 Å². The molecule has 0 aliphatic carbocycles. The second kappa shape index (κ2) is 10.1. The fourth-order valence-electron chi connectivity index (χ4n) is 2.50. The summed E-state index contributed by atoms with van der Waals surface area (Å²) in [5.41, 5.74) is -0.141. The largest absolute Gasteiger partial charge is 0.395 e. The van der Waals surface area contributed by atoms with Crippen LogP contribution in [0.5, 0.6) is 0 Å². The van der Waals surface area contributed by atoms with Gasteiger partial charge in [0, 0.05) is 32.0 Å². The van der Waals surface area contributed by atoms with Crippen LogP contribution in [0, 0.1) is 4.77 Å². The Bertz CT molecular complexity index is 538. The van der Waals surface area contributed by atoms with Crippen LogP contribution in [0.25, 0.3) is 0 Å². The van der Waals surface area contributed by atoms with Crippen LogP contribution >= 0.6 is 12.2 Å². The van der Waals surface area contributed by atoms with Crippen molar-refractivity contribution in [2.75, 3.05) is 13.2 Å². The number of nitrogens with one attached hydrogen (secondary N) is 1. The summed E-state index contributed by atoms with van der Waals surface area (Å²) in [5, 5.41) is 0. The van der Waals surface area contributed by atoms with Crippen LogP contribution in [-0.2, 0) is 15.4 Å². The molecule has 0 unspecified atom stereocenters. The van der Waals surface area contributed by atoms with E-state index in [0.29, 0.717) is 4.77 Å². The fraction of sp³-hybridized carbons (Fsp3) is 0.733. The van der Waals surface area contributed by atoms with Crippen molar-refractivity contribution < 1.29 is 8.85 Å². The molecule has 0 aliphatic rings. The highest BCUT2D eigenvalue weighted by atomic mass is 32.1. The second-order valence-corrected chi connectivity index (χ2v) is 9.20. The van der Waals surface area contributed by atoms with Crippen molar-refractivity contribution in [3.05, 3.63) is 27.4 Å². The van der Waals surface area contributed by atoms with Crippen molar-refractivity contribution in [3.63, 3.8) is 0 Å². The average Bonchev–Trinajstić information content (AvgIpc) is 2.45. The van der Waals surface area contributed by atoms with E-state index in [-0.39, 0.29) is 5.56 Å². The first-order valence-corrected chi connectivity index (χ1v) is 11.0. The van der Waals surface area contributed by atoms with E-state index >= 15 is 0 Å². The topological polar surface area (TPSA) is 56.2 Å². The maximum atomic E-state index is 11.1. The first-order valence-electron chi connectivity index (χ1n) is 8.08. The number of nitrogens with zero attached hydrogens (tertiary/aromatic N) is 1. The molecule has 1 aromatic heterocycles. The third-order valence-corrected chi connectivity index (χ3v) is 6.97. The Hall–Kier alpha value is -0.763. The molecule has 0 radical (unpaired) electrons. The predicted molar refractivity (Wildman–Crippen MR) is 94.0 cm³/mol. The van der Waals surface area contributed by atoms with Crippen molar-refractivity contribution in [2.24, 2.45) is 0 Å². The lowest BCUT2D eigenvalue weighted by Gasteiger charge is -2.25. The van der Waals surface area contributed by atoms with Gasteiger partial charge in [0.25, 0.3) is 5.56 Å². The van der Waals surface area contributed by atoms with Gasteiger partial charge in [0.15, 0.2) is 4.77 Å². The lowest BCUT2D eigenvalue weighted by Crippen LogP contribution is -2.38. The molecule has 0 saturated carbocycles. The minimum atomic E-state index is -1.95. The number of H-pyrrole nitrogens is 1. The van der Waals surface area contributed by atoms with Crippen molar-refractivity contribution >= 4 is 20.8 Å². The summed E-state index contributed by atoms with van der Waals surface area (Å²) in [7, 11) is -1.95. The maximum Gasteiger partial charge on any atom is 0.334 e. The number of unbranched alkanes of at least 4 members (excludes halogenated alkanes) is 3. The Morgan fingerprint density at radius 3 is 2.41 bits per heavy atom. The molecular formula is C15H28N2O3SSi. The van der Waals surface area contributed by atoms with Crippen LogP contribution in [0.4, 0.5) is 0 Å². The Labute approximate surface area is 138 Å². The highest BCUT2D eigenvalue weighted by Gasteiger charge is 2.29. The summed E-state index contributed by atoms with van der Waals surface area (Å²) < 4.78 is 14.1. The standard InChI is InChI=1S/C15H28N2O3SSi/c1-4-19-22(3,20-5-2)13-9-7-6-8-11-17-12-10-14(18)16-15(17)21/h10,12H,4-9,11,13H2,1-3H3,(H,16,18,21). The SMILES string of the molecule is CCO[Si](C)(CCCCCCn1ccc(=O)[nH]c1=S)OCC. The number of rotatable bonds is 11. The molecule has 1 aromatic rings. The normalized spacial score (nSPS) is 11.8. The molecule has 0 amide bonds. The monoisotopic (exact) mass is 344 g/mol. The zero-order valence-electron chi connectivity index (χ0n) is 13.9. The lowest BCUT2D eigenvalue weighted by atomic mass is 10.2. The van der Waals surface area contributed by atoms with Crippen LogP contribution < -0.4 is 5.56 Å². The molecule has 126 valence electrons. The molecule has 1 heterocycles. The predicted octanol–water partition coefficient (Wildman–Crippen LogP) is 3.61. The van der Waals surface area contributed by atoms with Crippen LogP contribution in [0.1, 0.15) is 39.5 Å². The zero-order valence-corrected chi connectivity index (χ0v) is 15.7. The first-order chi connectivity index (χ1) is 10.5. The van der Waals surface area contributed by atoms with Crippen molar-refractivity contribution in [1.29, 1.82) is 0 Å². The van der Waals surface area contributed by atoms with Gasteiger partial charge in [0.05, 0.1) is 0 Å². The van der Waals surface area contributed by atoms with Crippen LogP contribution in [-0.4, -0.2) is 31.3 Å². The highest BCUT2D eigenvalue weighted by Crippen LogP contribution is 2.18. The molecule has 0 atom stereocenters. The number of aromatic amines is 1. The summed E-state index contributed by atoms with van der Waals surface area (Å²) in [4.78, 5) is 13.7. The van der Waals surface area contributed by atoms with Crippen molar-refractivity contribution in [2.45, 2.75) is 58.7 Å². The van der Waals surface area contributed by atoms with Gasteiger partial charge >= 0.3 is 8.56 Å². The Kier molecular flexibility index (Phi) is 8.85. The third-order valence-electron chi connectivity index (χ3n) is 3.58. The number of hydrogen-bond acceptors (Lipinski definition) is 4. The third kappa shape index (κ3) is 7.00. The van der Waals surface area contributed by atoms with E-state index in [1.807, 2.05) is 18.4 Å². The Balaban J connectivity index is 2.25. The van der Waals surface area contributed by atoms with Gasteiger partial charge in [-0.05, 0) is 45.1 Å². The fourth-order valence-corrected chi connectivity index (χ4v) is 5.24. The van der Waals surface area contributed by atoms with E-state index < -0.39 is 8.56 Å². The minimum absolute atomic E-state index is 0.141. The van der Waals surface area contributed by atoms with Gasteiger partial charge in [-0.1, -0.05) is 19.3 Å². The molecular weight excluding hydrogens is 316 g/mol. The quantitative estimate of drug-likeness (QED) is 0.378. The molecule has 0 fully saturated rings. The Morgan fingerprint density at radius 2 is 1.82 bits per heavy atom. The van der Waals surface area contributed by atoms with Gasteiger partial charge in [-0.2, -0.15) is 0 Å². The second-order valence-electron chi connectivity index (χ2n) is 5.47. The van der Waals surface area contributed by atoms with Crippen molar-refractivity contribution in [1.82, 2.24) is 9.55 Å². The van der Waals surface area contributed by atoms with Crippen LogP contribution in [0.3, 0.4) is 0 Å². The van der Waals surface area contributed by atoms with E-state index in [2.05, 4.69) is 11.5 Å². The zero-order chi connectivity index (χ0) is 16.4. The molecule has 22 heavy (non-hydrogen) atoms. The van der Waals surface area contributed by atoms with Gasteiger partial charge in [-0.15, -0.1) is 0 Å². The van der Waals surface area contributed by atoms with Gasteiger partial charge in [-0.3, -0.25) is 9.78 Å². The van der Waals surface area contributed by atoms with Gasteiger partial charge < -0.3 is 13.4 Å². The molecule has 5 nitrogen and oxygen atoms in total. The summed E-state index contributed by atoms with van der Waals surface area (Å²) >= 11 is 5.13. The summed E-state index contributed by atoms with van der Waals surface area (Å²) in [6.45, 7) is 8.51. The molecule has 1 N–H and O–H groups in total. The first kappa shape index (κ1) is 19.3. The summed E-state index contributed by atoms with van der Waals surface area (Å²) in [6, 6.07) is 2.56. The van der Waals surface area contributed by atoms with Gasteiger partial charge in [-0.25, -0.2) is 0 Å². The van der Waals surface area contributed by atoms with Gasteiger partial charge in [0.2, 0.25) is 0 Å². The maximum absolute atomic E-state index is 11.1. The highest BCUT2D eigenvalue weighted by molar-refractivity contribution is 7.71. The molecule has 0 aromatic carbocycles.